The van der Waals surface area contributed by atoms with Crippen LogP contribution in [0, 0.1) is 22.1 Å². The highest BCUT2D eigenvalue weighted by Gasteiger charge is 2.30. The molecular formula is C25H31FN6O2. The summed E-state index contributed by atoms with van der Waals surface area (Å²) in [4.78, 5) is 33.3. The Morgan fingerprint density at radius 1 is 1.15 bits per heavy atom. The smallest absolute Gasteiger partial charge is 0.259 e. The van der Waals surface area contributed by atoms with Gasteiger partial charge >= 0.3 is 0 Å². The molecular weight excluding hydrogens is 435 g/mol. The minimum absolute atomic E-state index is 0. The molecule has 2 amide bonds. The number of amides is 2. The van der Waals surface area contributed by atoms with Crippen molar-refractivity contribution < 1.29 is 15.4 Å². The lowest BCUT2D eigenvalue weighted by Crippen LogP contribution is -2.42. The van der Waals surface area contributed by atoms with Gasteiger partial charge in [0.1, 0.15) is 23.2 Å². The van der Waals surface area contributed by atoms with Crippen LogP contribution < -0.4 is 5.32 Å². The van der Waals surface area contributed by atoms with Crippen molar-refractivity contribution in [1.82, 2.24) is 14.8 Å². The Morgan fingerprint density at radius 3 is 2.59 bits per heavy atom. The number of anilines is 1. The number of aromatic nitrogens is 1. The summed E-state index contributed by atoms with van der Waals surface area (Å²) in [6.07, 6.45) is 1.97. The first kappa shape index (κ1) is 23.5. The highest BCUT2D eigenvalue weighted by Crippen LogP contribution is 2.27. The number of hydrogen-bond donors (Lipinski definition) is 3. The van der Waals surface area contributed by atoms with Gasteiger partial charge in [-0.1, -0.05) is 26.8 Å². The predicted octanol–water partition coefficient (Wildman–Crippen LogP) is 4.05. The van der Waals surface area contributed by atoms with Crippen LogP contribution in [0.1, 0.15) is 62.2 Å². The summed E-state index contributed by atoms with van der Waals surface area (Å²) in [5, 5.41) is 18.9. The summed E-state index contributed by atoms with van der Waals surface area (Å²) in [5.74, 6) is -0.591. The molecule has 2 aromatic rings. The van der Waals surface area contributed by atoms with Crippen LogP contribution in [0.15, 0.2) is 30.3 Å². The molecule has 1 saturated heterocycles. The van der Waals surface area contributed by atoms with Gasteiger partial charge in [0, 0.05) is 32.9 Å². The molecule has 0 bridgehead atoms. The van der Waals surface area contributed by atoms with E-state index in [0.29, 0.717) is 44.0 Å². The SMILES string of the molecule is CC(C)(C)C(=O)N1CCc2cc(F)c(C(=O)Nc3cccc(C(=N)N4CCCC4=N)n3)cc2C1.[HH]. The number of carbonyl (C=O) groups excluding carboxylic acids is 2. The van der Waals surface area contributed by atoms with Gasteiger partial charge in [0.25, 0.3) is 5.91 Å². The average molecular weight is 467 g/mol. The van der Waals surface area contributed by atoms with Crippen LogP contribution in [0.25, 0.3) is 0 Å². The number of halogens is 1. The molecule has 0 aliphatic carbocycles. The number of carbonyl (C=O) groups is 2. The molecule has 3 heterocycles. The van der Waals surface area contributed by atoms with Crippen molar-refractivity contribution in [2.45, 2.75) is 46.6 Å². The maximum absolute atomic E-state index is 14.8. The molecule has 0 spiro atoms. The first-order chi connectivity index (χ1) is 16.0. The van der Waals surface area contributed by atoms with Crippen molar-refractivity contribution in [3.8, 4) is 0 Å². The zero-order valence-corrected chi connectivity index (χ0v) is 19.7. The molecule has 2 aliphatic heterocycles. The molecule has 0 atom stereocenters. The van der Waals surface area contributed by atoms with E-state index in [9.17, 15) is 14.0 Å². The second-order valence-electron chi connectivity index (χ2n) is 9.74. The number of amidine groups is 2. The topological polar surface area (TPSA) is 113 Å². The van der Waals surface area contributed by atoms with E-state index in [4.69, 9.17) is 10.8 Å². The summed E-state index contributed by atoms with van der Waals surface area (Å²) in [6.45, 7) is 7.03. The van der Waals surface area contributed by atoms with Crippen LogP contribution in [0.4, 0.5) is 10.2 Å². The van der Waals surface area contributed by atoms with Gasteiger partial charge in [-0.05, 0) is 48.2 Å². The van der Waals surface area contributed by atoms with Crippen molar-refractivity contribution in [3.63, 3.8) is 0 Å². The molecule has 0 radical (unpaired) electrons. The van der Waals surface area contributed by atoms with Crippen LogP contribution in [-0.2, 0) is 17.8 Å². The van der Waals surface area contributed by atoms with E-state index < -0.39 is 17.1 Å². The number of nitrogens with one attached hydrogen (secondary N) is 3. The van der Waals surface area contributed by atoms with Gasteiger partial charge in [0.05, 0.1) is 5.56 Å². The fourth-order valence-corrected chi connectivity index (χ4v) is 4.28. The molecule has 9 heteroatoms. The van der Waals surface area contributed by atoms with Gasteiger partial charge in [0.15, 0.2) is 5.84 Å². The van der Waals surface area contributed by atoms with Gasteiger partial charge in [-0.2, -0.15) is 0 Å². The van der Waals surface area contributed by atoms with E-state index in [1.807, 2.05) is 20.8 Å². The highest BCUT2D eigenvalue weighted by atomic mass is 19.1. The number of nitrogens with zero attached hydrogens (tertiary/aromatic N) is 3. The largest absolute Gasteiger partial charge is 0.338 e. The molecule has 8 nitrogen and oxygen atoms in total. The zero-order valence-electron chi connectivity index (χ0n) is 19.7. The highest BCUT2D eigenvalue weighted by molar-refractivity contribution is 6.08. The van der Waals surface area contributed by atoms with E-state index >= 15 is 0 Å². The van der Waals surface area contributed by atoms with Crippen molar-refractivity contribution in [2.24, 2.45) is 5.41 Å². The minimum atomic E-state index is -0.648. The lowest BCUT2D eigenvalue weighted by atomic mass is 9.91. The molecule has 1 fully saturated rings. The number of fused-ring (bicyclic) bond motifs is 1. The van der Waals surface area contributed by atoms with Crippen molar-refractivity contribution >= 4 is 29.3 Å². The Morgan fingerprint density at radius 2 is 1.91 bits per heavy atom. The molecule has 3 N–H and O–H groups in total. The van der Waals surface area contributed by atoms with Gasteiger partial charge in [-0.15, -0.1) is 0 Å². The number of hydrogen-bond acceptors (Lipinski definition) is 5. The van der Waals surface area contributed by atoms with Crippen molar-refractivity contribution in [3.05, 3.63) is 58.5 Å². The van der Waals surface area contributed by atoms with E-state index in [0.717, 1.165) is 17.5 Å². The predicted molar refractivity (Wildman–Crippen MR) is 130 cm³/mol. The van der Waals surface area contributed by atoms with Gasteiger partial charge in [-0.3, -0.25) is 20.4 Å². The first-order valence-corrected chi connectivity index (χ1v) is 11.4. The second-order valence-corrected chi connectivity index (χ2v) is 9.74. The van der Waals surface area contributed by atoms with E-state index in [1.165, 1.54) is 12.1 Å². The fourth-order valence-electron chi connectivity index (χ4n) is 4.28. The molecule has 1 aromatic heterocycles. The van der Waals surface area contributed by atoms with Crippen LogP contribution >= 0.6 is 0 Å². The lowest BCUT2D eigenvalue weighted by Gasteiger charge is -2.33. The quantitative estimate of drug-likeness (QED) is 0.468. The van der Waals surface area contributed by atoms with E-state index in [-0.39, 0.29) is 24.6 Å². The maximum Gasteiger partial charge on any atom is 0.259 e. The average Bonchev–Trinajstić information content (AvgIpc) is 3.22. The Labute approximate surface area is 199 Å². The molecule has 0 unspecified atom stereocenters. The van der Waals surface area contributed by atoms with E-state index in [2.05, 4.69) is 10.3 Å². The van der Waals surface area contributed by atoms with Crippen LogP contribution in [0.5, 0.6) is 0 Å². The molecule has 34 heavy (non-hydrogen) atoms. The number of benzene rings is 1. The standard InChI is InChI=1S/C25H29FN6O2.H2/c1-25(2,3)24(34)31-11-9-15-13-18(26)17(12-16(15)14-31)23(33)30-21-8-4-6-19(29-21)22(28)32-10-5-7-20(32)27;/h4,6,8,12-13,27-28H,5,7,9-11,14H2,1-3H3,(H,29,30,33);1H. The van der Waals surface area contributed by atoms with Gasteiger partial charge in [0.2, 0.25) is 5.91 Å². The second kappa shape index (κ2) is 8.96. The van der Waals surface area contributed by atoms with E-state index in [1.54, 1.807) is 28.0 Å². The minimum Gasteiger partial charge on any atom is -0.338 e. The van der Waals surface area contributed by atoms with Gasteiger partial charge < -0.3 is 15.1 Å². The molecule has 0 saturated carbocycles. The van der Waals surface area contributed by atoms with Crippen LogP contribution in [0.2, 0.25) is 0 Å². The summed E-state index contributed by atoms with van der Waals surface area (Å²) in [7, 11) is 0. The number of likely N-dealkylation sites (tertiary alicyclic amines) is 1. The third-order valence-electron chi connectivity index (χ3n) is 6.10. The first-order valence-electron chi connectivity index (χ1n) is 11.4. The van der Waals surface area contributed by atoms with Crippen molar-refractivity contribution in [1.29, 1.82) is 10.8 Å². The molecule has 180 valence electrons. The Bertz CT molecular complexity index is 1190. The lowest BCUT2D eigenvalue weighted by molar-refractivity contribution is -0.140. The third-order valence-corrected chi connectivity index (χ3v) is 6.10. The fraction of sp³-hybridized carbons (Fsp3) is 0.400. The maximum atomic E-state index is 14.8. The van der Waals surface area contributed by atoms with Crippen LogP contribution in [0.3, 0.4) is 0 Å². The third kappa shape index (κ3) is 4.69. The monoisotopic (exact) mass is 466 g/mol. The summed E-state index contributed by atoms with van der Waals surface area (Å²) in [5.41, 5.74) is 1.24. The summed E-state index contributed by atoms with van der Waals surface area (Å²) < 4.78 is 14.8. The Kier molecular flexibility index (Phi) is 6.20. The molecule has 2 aliphatic rings. The zero-order chi connectivity index (χ0) is 24.6. The Hall–Kier alpha value is -3.62. The summed E-state index contributed by atoms with van der Waals surface area (Å²) >= 11 is 0. The van der Waals surface area contributed by atoms with Crippen molar-refractivity contribution in [2.75, 3.05) is 18.4 Å². The molecule has 4 rings (SSSR count). The van der Waals surface area contributed by atoms with Gasteiger partial charge in [-0.25, -0.2) is 9.37 Å². The summed E-state index contributed by atoms with van der Waals surface area (Å²) in [6, 6.07) is 7.76. The number of pyridine rings is 1. The Balaban J connectivity index is 0.00000342. The number of rotatable bonds is 3. The normalized spacial score (nSPS) is 15.8. The molecule has 1 aromatic carbocycles. The van der Waals surface area contributed by atoms with Crippen LogP contribution in [-0.4, -0.2) is 51.4 Å².